The third-order valence-corrected chi connectivity index (χ3v) is 3.68. The summed E-state index contributed by atoms with van der Waals surface area (Å²) in [6, 6.07) is 8.16. The fraction of sp³-hybridized carbons (Fsp3) is 0.625. The van der Waals surface area contributed by atoms with Crippen molar-refractivity contribution in [3.63, 3.8) is 0 Å². The molecule has 0 saturated heterocycles. The molecule has 2 N–H and O–H groups in total. The molecule has 2 unspecified atom stereocenters. The molecule has 0 bridgehead atoms. The van der Waals surface area contributed by atoms with Crippen LogP contribution in [0.25, 0.3) is 0 Å². The van der Waals surface area contributed by atoms with E-state index in [0.29, 0.717) is 0 Å². The van der Waals surface area contributed by atoms with Gasteiger partial charge in [-0.1, -0.05) is 31.9 Å². The Morgan fingerprint density at radius 1 is 1.26 bits per heavy atom. The highest BCUT2D eigenvalue weighted by Gasteiger charge is 2.23. The van der Waals surface area contributed by atoms with Gasteiger partial charge in [0.15, 0.2) is 0 Å². The van der Waals surface area contributed by atoms with Crippen molar-refractivity contribution in [1.29, 1.82) is 0 Å². The third-order valence-electron chi connectivity index (χ3n) is 3.68. The number of hydrogen-bond donors (Lipinski definition) is 2. The van der Waals surface area contributed by atoms with E-state index in [2.05, 4.69) is 24.4 Å². The first-order chi connectivity index (χ1) is 9.29. The highest BCUT2D eigenvalue weighted by Crippen LogP contribution is 2.23. The number of nitrogens with one attached hydrogen (secondary N) is 1. The molecule has 2 rings (SSSR count). The molecule has 0 radical (unpaired) electrons. The molecule has 3 heteroatoms. The van der Waals surface area contributed by atoms with Gasteiger partial charge in [0.25, 0.3) is 0 Å². The van der Waals surface area contributed by atoms with Crippen molar-refractivity contribution in [2.45, 2.75) is 57.8 Å². The Labute approximate surface area is 116 Å². The van der Waals surface area contributed by atoms with Crippen molar-refractivity contribution in [2.24, 2.45) is 0 Å². The summed E-state index contributed by atoms with van der Waals surface area (Å²) >= 11 is 0. The van der Waals surface area contributed by atoms with Crippen molar-refractivity contribution in [1.82, 2.24) is 5.32 Å². The van der Waals surface area contributed by atoms with Crippen molar-refractivity contribution in [2.75, 3.05) is 6.54 Å². The first-order valence-electron chi connectivity index (χ1n) is 7.44. The van der Waals surface area contributed by atoms with Crippen LogP contribution >= 0.6 is 0 Å². The molecule has 0 heterocycles. The summed E-state index contributed by atoms with van der Waals surface area (Å²) in [7, 11) is 0. The molecule has 1 aromatic carbocycles. The number of rotatable bonds is 5. The average molecular weight is 263 g/mol. The van der Waals surface area contributed by atoms with Crippen LogP contribution in [0.4, 0.5) is 0 Å². The van der Waals surface area contributed by atoms with Crippen LogP contribution in [0.1, 0.15) is 44.6 Å². The van der Waals surface area contributed by atoms with E-state index in [0.717, 1.165) is 44.5 Å². The van der Waals surface area contributed by atoms with Gasteiger partial charge in [0.2, 0.25) is 0 Å². The summed E-state index contributed by atoms with van der Waals surface area (Å²) in [6.45, 7) is 3.93. The second-order valence-corrected chi connectivity index (χ2v) is 5.29. The topological polar surface area (TPSA) is 41.5 Å². The Kier molecular flexibility index (Phi) is 5.67. The Bertz CT molecular complexity index is 381. The Morgan fingerprint density at radius 3 is 2.95 bits per heavy atom. The summed E-state index contributed by atoms with van der Waals surface area (Å²) in [6.07, 6.45) is 4.93. The second-order valence-electron chi connectivity index (χ2n) is 5.29. The smallest absolute Gasteiger partial charge is 0.124 e. The zero-order valence-corrected chi connectivity index (χ0v) is 11.8. The minimum absolute atomic E-state index is 0.0446. The molecule has 106 valence electrons. The maximum Gasteiger partial charge on any atom is 0.124 e. The minimum Gasteiger partial charge on any atom is -0.488 e. The summed E-state index contributed by atoms with van der Waals surface area (Å²) in [5, 5.41) is 13.4. The molecule has 19 heavy (non-hydrogen) atoms. The largest absolute Gasteiger partial charge is 0.488 e. The summed E-state index contributed by atoms with van der Waals surface area (Å²) in [5.41, 5.74) is 1.22. The van der Waals surface area contributed by atoms with Crippen LogP contribution in [0.15, 0.2) is 24.3 Å². The highest BCUT2D eigenvalue weighted by atomic mass is 16.5. The van der Waals surface area contributed by atoms with Crippen LogP contribution in [-0.2, 0) is 6.54 Å². The molecular weight excluding hydrogens is 238 g/mol. The molecule has 1 fully saturated rings. The van der Waals surface area contributed by atoms with Crippen LogP contribution < -0.4 is 10.1 Å². The number of aliphatic hydroxyl groups is 1. The average Bonchev–Trinajstić information content (AvgIpc) is 2.62. The summed E-state index contributed by atoms with van der Waals surface area (Å²) in [5.74, 6) is 0.876. The van der Waals surface area contributed by atoms with Gasteiger partial charge in [-0.05, 0) is 43.5 Å². The molecule has 0 amide bonds. The maximum atomic E-state index is 10.1. The Hall–Kier alpha value is -1.06. The van der Waals surface area contributed by atoms with Crippen LogP contribution in [0.2, 0.25) is 0 Å². The lowest BCUT2D eigenvalue weighted by Gasteiger charge is -2.22. The lowest BCUT2D eigenvalue weighted by Crippen LogP contribution is -2.30. The molecule has 0 aliphatic heterocycles. The van der Waals surface area contributed by atoms with E-state index in [1.807, 2.05) is 12.1 Å². The molecular formula is C16H25NO2. The van der Waals surface area contributed by atoms with Crippen LogP contribution in [0.5, 0.6) is 5.75 Å². The van der Waals surface area contributed by atoms with E-state index < -0.39 is 0 Å². The van der Waals surface area contributed by atoms with Crippen molar-refractivity contribution < 1.29 is 9.84 Å². The van der Waals surface area contributed by atoms with E-state index in [1.165, 1.54) is 12.0 Å². The molecule has 3 nitrogen and oxygen atoms in total. The molecule has 2 atom stereocenters. The van der Waals surface area contributed by atoms with Gasteiger partial charge < -0.3 is 15.2 Å². The molecule has 1 aliphatic rings. The lowest BCUT2D eigenvalue weighted by molar-refractivity contribution is 0.0319. The first kappa shape index (κ1) is 14.4. The fourth-order valence-electron chi connectivity index (χ4n) is 2.56. The number of benzene rings is 1. The second kappa shape index (κ2) is 7.51. The predicted molar refractivity (Wildman–Crippen MR) is 77.3 cm³/mol. The van der Waals surface area contributed by atoms with Gasteiger partial charge in [-0.3, -0.25) is 0 Å². The van der Waals surface area contributed by atoms with E-state index in [4.69, 9.17) is 4.74 Å². The van der Waals surface area contributed by atoms with Gasteiger partial charge in [0.1, 0.15) is 11.9 Å². The molecule has 0 spiro atoms. The van der Waals surface area contributed by atoms with Gasteiger partial charge in [-0.15, -0.1) is 0 Å². The third kappa shape index (κ3) is 4.51. The zero-order valence-electron chi connectivity index (χ0n) is 11.8. The van der Waals surface area contributed by atoms with Crippen molar-refractivity contribution in [3.8, 4) is 5.75 Å². The normalized spacial score (nSPS) is 23.9. The van der Waals surface area contributed by atoms with Crippen LogP contribution in [0, 0.1) is 0 Å². The SMILES string of the molecule is CCNCc1cccc(OC2CCCCCC2O)c1. The quantitative estimate of drug-likeness (QED) is 0.803. The fourth-order valence-corrected chi connectivity index (χ4v) is 2.56. The monoisotopic (exact) mass is 263 g/mol. The van der Waals surface area contributed by atoms with Gasteiger partial charge in [-0.25, -0.2) is 0 Å². The highest BCUT2D eigenvalue weighted by molar-refractivity contribution is 5.28. The molecule has 1 saturated carbocycles. The lowest BCUT2D eigenvalue weighted by atomic mass is 10.1. The maximum absolute atomic E-state index is 10.1. The molecule has 1 aliphatic carbocycles. The minimum atomic E-state index is -0.320. The summed E-state index contributed by atoms with van der Waals surface area (Å²) < 4.78 is 5.99. The number of aliphatic hydroxyl groups excluding tert-OH is 1. The van der Waals surface area contributed by atoms with Crippen molar-refractivity contribution in [3.05, 3.63) is 29.8 Å². The molecule has 0 aromatic heterocycles. The zero-order chi connectivity index (χ0) is 13.5. The van der Waals surface area contributed by atoms with Gasteiger partial charge in [0.05, 0.1) is 6.10 Å². The van der Waals surface area contributed by atoms with E-state index >= 15 is 0 Å². The van der Waals surface area contributed by atoms with E-state index in [9.17, 15) is 5.11 Å². The van der Waals surface area contributed by atoms with Crippen LogP contribution in [0.3, 0.4) is 0 Å². The Balaban J connectivity index is 1.97. The standard InChI is InChI=1S/C16H25NO2/c1-2-17-12-13-7-6-8-14(11-13)19-16-10-5-3-4-9-15(16)18/h6-8,11,15-18H,2-5,9-10,12H2,1H3. The predicted octanol–water partition coefficient (Wildman–Crippen LogP) is 2.87. The number of ether oxygens (including phenoxy) is 1. The van der Waals surface area contributed by atoms with Crippen molar-refractivity contribution >= 4 is 0 Å². The van der Waals surface area contributed by atoms with Crippen LogP contribution in [-0.4, -0.2) is 23.9 Å². The van der Waals surface area contributed by atoms with Gasteiger partial charge in [0, 0.05) is 6.54 Å². The van der Waals surface area contributed by atoms with E-state index in [-0.39, 0.29) is 12.2 Å². The first-order valence-corrected chi connectivity index (χ1v) is 7.44. The summed E-state index contributed by atoms with van der Waals surface area (Å²) in [4.78, 5) is 0. The van der Waals surface area contributed by atoms with Gasteiger partial charge in [-0.2, -0.15) is 0 Å². The van der Waals surface area contributed by atoms with E-state index in [1.54, 1.807) is 0 Å². The van der Waals surface area contributed by atoms with Gasteiger partial charge >= 0.3 is 0 Å². The Morgan fingerprint density at radius 2 is 2.11 bits per heavy atom. The number of hydrogen-bond acceptors (Lipinski definition) is 3. The molecule has 1 aromatic rings.